The summed E-state index contributed by atoms with van der Waals surface area (Å²) in [5.74, 6) is 0.768. The number of rotatable bonds is 5. The van der Waals surface area contributed by atoms with Crippen LogP contribution in [0.5, 0.6) is 5.75 Å². The van der Waals surface area contributed by atoms with E-state index in [0.29, 0.717) is 19.6 Å². The Kier molecular flexibility index (Phi) is 6.03. The minimum Gasteiger partial charge on any atom is -0.488 e. The first kappa shape index (κ1) is 17.8. The van der Waals surface area contributed by atoms with Gasteiger partial charge in [-0.15, -0.1) is 0 Å². The molecule has 0 saturated carbocycles. The van der Waals surface area contributed by atoms with E-state index in [-0.39, 0.29) is 6.10 Å². The van der Waals surface area contributed by atoms with Crippen LogP contribution in [0, 0.1) is 3.57 Å². The van der Waals surface area contributed by atoms with Gasteiger partial charge in [0.1, 0.15) is 18.0 Å². The van der Waals surface area contributed by atoms with E-state index in [4.69, 9.17) is 14.3 Å². The monoisotopic (exact) mass is 433 g/mol. The Morgan fingerprint density at radius 2 is 2.30 bits per heavy atom. The molecule has 2 heterocycles. The molecule has 8 heteroatoms. The quantitative estimate of drug-likeness (QED) is 0.723. The number of amides is 1. The van der Waals surface area contributed by atoms with E-state index in [0.717, 1.165) is 15.0 Å². The maximum absolute atomic E-state index is 11.6. The molecule has 126 valence electrons. The number of nitrogens with one attached hydrogen (secondary N) is 1. The Balaban J connectivity index is 1.70. The number of hydrogen-bond donors (Lipinski definition) is 1. The molecule has 0 spiro atoms. The van der Waals surface area contributed by atoms with Crippen molar-refractivity contribution >= 4 is 34.4 Å². The van der Waals surface area contributed by atoms with Crippen molar-refractivity contribution < 1.29 is 19.1 Å². The normalized spacial score (nSPS) is 17.2. The van der Waals surface area contributed by atoms with Crippen LogP contribution in [-0.4, -0.2) is 41.6 Å². The summed E-state index contributed by atoms with van der Waals surface area (Å²) in [5.41, 5.74) is 0.240. The molecule has 0 fully saturated rings. The molecule has 0 saturated heterocycles. The van der Waals surface area contributed by atoms with Crippen molar-refractivity contribution in [3.63, 3.8) is 0 Å². The van der Waals surface area contributed by atoms with E-state index >= 15 is 0 Å². The number of nitrogens with zero attached hydrogens (tertiary/aromatic N) is 2. The molecule has 0 radical (unpaired) electrons. The number of ether oxygens (including phenoxy) is 2. The molecule has 0 aromatic carbocycles. The molecule has 1 amide bonds. The van der Waals surface area contributed by atoms with Gasteiger partial charge in [0.2, 0.25) is 0 Å². The lowest BCUT2D eigenvalue weighted by atomic mass is 10.2. The van der Waals surface area contributed by atoms with Crippen LogP contribution in [0.1, 0.15) is 27.2 Å². The second-order valence-corrected chi connectivity index (χ2v) is 7.22. The zero-order valence-corrected chi connectivity index (χ0v) is 15.5. The average molecular weight is 433 g/mol. The van der Waals surface area contributed by atoms with Crippen LogP contribution in [0.25, 0.3) is 0 Å². The van der Waals surface area contributed by atoms with Crippen molar-refractivity contribution in [1.29, 1.82) is 0 Å². The van der Waals surface area contributed by atoms with E-state index in [9.17, 15) is 4.79 Å². The van der Waals surface area contributed by atoms with Crippen molar-refractivity contribution in [2.75, 3.05) is 13.2 Å². The van der Waals surface area contributed by atoms with Crippen molar-refractivity contribution in [1.82, 2.24) is 10.3 Å². The predicted octanol–water partition coefficient (Wildman–Crippen LogP) is 2.73. The van der Waals surface area contributed by atoms with Gasteiger partial charge in [-0.2, -0.15) is 0 Å². The standard InChI is InChI=1S/C15H20IN3O4/c1-15(2,3)22-14(20)18-7-10-6-11(23-19-10)9-21-13-4-5-17-8-12(13)16/h4-5,8,11H,6-7,9H2,1-3H3,(H,18,20). The van der Waals surface area contributed by atoms with Gasteiger partial charge < -0.3 is 19.6 Å². The molecule has 1 aliphatic heterocycles. The number of hydrogen-bond acceptors (Lipinski definition) is 6. The number of alkyl carbamates (subject to hydrolysis) is 1. The zero-order chi connectivity index (χ0) is 16.9. The molecule has 1 N–H and O–H groups in total. The number of carbonyl (C=O) groups is 1. The van der Waals surface area contributed by atoms with Gasteiger partial charge in [0.25, 0.3) is 0 Å². The van der Waals surface area contributed by atoms with Gasteiger partial charge >= 0.3 is 6.09 Å². The van der Waals surface area contributed by atoms with Crippen LogP contribution < -0.4 is 10.1 Å². The largest absolute Gasteiger partial charge is 0.488 e. The summed E-state index contributed by atoms with van der Waals surface area (Å²) < 4.78 is 11.8. The molecule has 1 atom stereocenters. The third-order valence-electron chi connectivity index (χ3n) is 2.79. The van der Waals surface area contributed by atoms with Crippen molar-refractivity contribution in [2.45, 2.75) is 38.9 Å². The van der Waals surface area contributed by atoms with Gasteiger partial charge in [-0.25, -0.2) is 4.79 Å². The Morgan fingerprint density at radius 3 is 3.00 bits per heavy atom. The molecule has 1 aromatic heterocycles. The Hall–Kier alpha value is -1.58. The molecule has 0 aliphatic carbocycles. The summed E-state index contributed by atoms with van der Waals surface area (Å²) in [6, 6.07) is 1.81. The molecule has 1 aromatic rings. The summed E-state index contributed by atoms with van der Waals surface area (Å²) >= 11 is 2.16. The van der Waals surface area contributed by atoms with E-state index in [1.54, 1.807) is 12.4 Å². The minimum atomic E-state index is -0.518. The summed E-state index contributed by atoms with van der Waals surface area (Å²) in [5, 5.41) is 6.63. The summed E-state index contributed by atoms with van der Waals surface area (Å²) in [6.07, 6.45) is 3.40. The average Bonchev–Trinajstić information content (AvgIpc) is 2.90. The summed E-state index contributed by atoms with van der Waals surface area (Å²) in [6.45, 7) is 6.14. The first-order valence-electron chi connectivity index (χ1n) is 7.24. The SMILES string of the molecule is CC(C)(C)OC(=O)NCC1=NOC(COc2ccncc2I)C1. The highest BCUT2D eigenvalue weighted by Gasteiger charge is 2.23. The molecule has 1 unspecified atom stereocenters. The van der Waals surface area contributed by atoms with Crippen LogP contribution in [0.15, 0.2) is 23.6 Å². The van der Waals surface area contributed by atoms with Gasteiger partial charge in [0.15, 0.2) is 6.10 Å². The van der Waals surface area contributed by atoms with E-state index in [1.165, 1.54) is 0 Å². The van der Waals surface area contributed by atoms with Crippen molar-refractivity contribution in [3.8, 4) is 5.75 Å². The summed E-state index contributed by atoms with van der Waals surface area (Å²) in [4.78, 5) is 20.9. The number of halogens is 1. The number of oxime groups is 1. The maximum atomic E-state index is 11.6. The van der Waals surface area contributed by atoms with Crippen molar-refractivity contribution in [3.05, 3.63) is 22.0 Å². The fourth-order valence-corrected chi connectivity index (χ4v) is 2.33. The van der Waals surface area contributed by atoms with Gasteiger partial charge in [-0.05, 0) is 49.4 Å². The van der Waals surface area contributed by atoms with Gasteiger partial charge in [0.05, 0.1) is 15.8 Å². The Morgan fingerprint density at radius 1 is 1.52 bits per heavy atom. The van der Waals surface area contributed by atoms with Crippen LogP contribution in [0.3, 0.4) is 0 Å². The predicted molar refractivity (Wildman–Crippen MR) is 93.6 cm³/mol. The fourth-order valence-electron chi connectivity index (χ4n) is 1.83. The van der Waals surface area contributed by atoms with E-state index in [2.05, 4.69) is 38.0 Å². The highest BCUT2D eigenvalue weighted by atomic mass is 127. The molecular weight excluding hydrogens is 413 g/mol. The minimum absolute atomic E-state index is 0.158. The molecule has 7 nitrogen and oxygen atoms in total. The van der Waals surface area contributed by atoms with Crippen LogP contribution in [-0.2, 0) is 9.57 Å². The molecule has 23 heavy (non-hydrogen) atoms. The highest BCUT2D eigenvalue weighted by molar-refractivity contribution is 14.1. The lowest BCUT2D eigenvalue weighted by Crippen LogP contribution is -2.35. The molecule has 1 aliphatic rings. The Labute approximate surface area is 148 Å². The Bertz CT molecular complexity index is 586. The highest BCUT2D eigenvalue weighted by Crippen LogP contribution is 2.20. The number of aromatic nitrogens is 1. The topological polar surface area (TPSA) is 82.0 Å². The summed E-state index contributed by atoms with van der Waals surface area (Å²) in [7, 11) is 0. The maximum Gasteiger partial charge on any atom is 0.407 e. The third-order valence-corrected chi connectivity index (χ3v) is 3.60. The second kappa shape index (κ2) is 7.80. The van der Waals surface area contributed by atoms with E-state index < -0.39 is 11.7 Å². The fraction of sp³-hybridized carbons (Fsp3) is 0.533. The number of carbonyl (C=O) groups excluding carboxylic acids is 1. The van der Waals surface area contributed by atoms with Crippen molar-refractivity contribution in [2.24, 2.45) is 5.16 Å². The van der Waals surface area contributed by atoms with Crippen LogP contribution in [0.2, 0.25) is 0 Å². The third kappa shape index (κ3) is 6.20. The lowest BCUT2D eigenvalue weighted by molar-refractivity contribution is 0.0468. The van der Waals surface area contributed by atoms with Crippen LogP contribution >= 0.6 is 22.6 Å². The molecular formula is C15H20IN3O4. The number of pyridine rings is 1. The first-order chi connectivity index (χ1) is 10.8. The lowest BCUT2D eigenvalue weighted by Gasteiger charge is -2.19. The second-order valence-electron chi connectivity index (χ2n) is 6.06. The zero-order valence-electron chi connectivity index (χ0n) is 13.3. The smallest absolute Gasteiger partial charge is 0.407 e. The van der Waals surface area contributed by atoms with Gasteiger partial charge in [-0.1, -0.05) is 5.16 Å². The first-order valence-corrected chi connectivity index (χ1v) is 8.32. The molecule has 0 bridgehead atoms. The molecule has 2 rings (SSSR count). The van der Waals surface area contributed by atoms with Gasteiger partial charge in [-0.3, -0.25) is 4.98 Å². The van der Waals surface area contributed by atoms with E-state index in [1.807, 2.05) is 26.8 Å². The van der Waals surface area contributed by atoms with Crippen LogP contribution in [0.4, 0.5) is 4.79 Å². The van der Waals surface area contributed by atoms with Gasteiger partial charge in [0, 0.05) is 18.8 Å².